The highest BCUT2D eigenvalue weighted by Gasteiger charge is 2.11. The Hall–Kier alpha value is -0.910. The Bertz CT molecular complexity index is 405. The number of carbonyl (C=O) groups excluding carboxylic acids is 1. The number of rotatable bonds is 3. The van der Waals surface area contributed by atoms with E-state index in [4.69, 9.17) is 16.2 Å². The van der Waals surface area contributed by atoms with Gasteiger partial charge in [-0.25, -0.2) is 9.00 Å². The lowest BCUT2D eigenvalue weighted by Gasteiger charge is -2.04. The molecule has 0 spiro atoms. The SMILES string of the molecule is COC(=O)c1ccc(CS(=O)O)cc1Cl. The summed E-state index contributed by atoms with van der Waals surface area (Å²) in [6.45, 7) is 0. The zero-order chi connectivity index (χ0) is 11.4. The molecule has 0 bridgehead atoms. The van der Waals surface area contributed by atoms with Gasteiger partial charge in [-0.3, -0.25) is 0 Å². The van der Waals surface area contributed by atoms with Crippen LogP contribution in [-0.4, -0.2) is 21.8 Å². The van der Waals surface area contributed by atoms with Gasteiger partial charge in [-0.05, 0) is 17.7 Å². The van der Waals surface area contributed by atoms with Crippen molar-refractivity contribution >= 4 is 28.7 Å². The van der Waals surface area contributed by atoms with Crippen molar-refractivity contribution in [3.63, 3.8) is 0 Å². The molecule has 0 aliphatic carbocycles. The molecule has 1 unspecified atom stereocenters. The predicted molar refractivity (Wildman–Crippen MR) is 57.3 cm³/mol. The Morgan fingerprint density at radius 1 is 1.60 bits per heavy atom. The Balaban J connectivity index is 2.97. The van der Waals surface area contributed by atoms with Crippen molar-refractivity contribution in [3.8, 4) is 0 Å². The van der Waals surface area contributed by atoms with Crippen molar-refractivity contribution in [1.82, 2.24) is 0 Å². The fourth-order valence-corrected chi connectivity index (χ4v) is 1.81. The van der Waals surface area contributed by atoms with Crippen molar-refractivity contribution in [2.24, 2.45) is 0 Å². The fourth-order valence-electron chi connectivity index (χ4n) is 1.07. The molecule has 0 saturated heterocycles. The highest BCUT2D eigenvalue weighted by Crippen LogP contribution is 2.19. The summed E-state index contributed by atoms with van der Waals surface area (Å²) < 4.78 is 23.7. The van der Waals surface area contributed by atoms with E-state index in [0.29, 0.717) is 5.56 Å². The van der Waals surface area contributed by atoms with E-state index in [1.807, 2.05) is 0 Å². The van der Waals surface area contributed by atoms with Crippen LogP contribution in [0.3, 0.4) is 0 Å². The first kappa shape index (κ1) is 12.2. The summed E-state index contributed by atoms with van der Waals surface area (Å²) in [6, 6.07) is 4.50. The van der Waals surface area contributed by atoms with Gasteiger partial charge in [-0.1, -0.05) is 17.7 Å². The largest absolute Gasteiger partial charge is 0.465 e. The summed E-state index contributed by atoms with van der Waals surface area (Å²) in [5.41, 5.74) is 0.833. The maximum absolute atomic E-state index is 11.2. The number of hydrogen-bond donors (Lipinski definition) is 1. The van der Waals surface area contributed by atoms with Gasteiger partial charge in [0.05, 0.1) is 23.4 Å². The first-order valence-electron chi connectivity index (χ1n) is 3.98. The zero-order valence-corrected chi connectivity index (χ0v) is 9.47. The van der Waals surface area contributed by atoms with Gasteiger partial charge in [-0.15, -0.1) is 0 Å². The van der Waals surface area contributed by atoms with Crippen LogP contribution in [0.25, 0.3) is 0 Å². The molecular formula is C9H9ClO4S. The second-order valence-corrected chi connectivity index (χ2v) is 4.11. The molecule has 1 N–H and O–H groups in total. The minimum atomic E-state index is -1.92. The Morgan fingerprint density at radius 3 is 2.73 bits per heavy atom. The van der Waals surface area contributed by atoms with Crippen LogP contribution in [0.15, 0.2) is 18.2 Å². The average molecular weight is 249 g/mol. The van der Waals surface area contributed by atoms with Gasteiger partial charge >= 0.3 is 5.97 Å². The standard InChI is InChI=1S/C9H9ClO4S/c1-14-9(11)7-3-2-6(4-8(7)10)5-15(12)13/h2-4H,5H2,1H3,(H,12,13). The molecule has 0 aliphatic heterocycles. The van der Waals surface area contributed by atoms with Gasteiger partial charge in [0.25, 0.3) is 0 Å². The van der Waals surface area contributed by atoms with E-state index in [0.717, 1.165) is 0 Å². The van der Waals surface area contributed by atoms with Crippen LogP contribution in [0.4, 0.5) is 0 Å². The van der Waals surface area contributed by atoms with E-state index in [1.165, 1.54) is 19.2 Å². The Labute approximate surface area is 94.5 Å². The fraction of sp³-hybridized carbons (Fsp3) is 0.222. The van der Waals surface area contributed by atoms with E-state index in [2.05, 4.69) is 4.74 Å². The summed E-state index contributed by atoms with van der Waals surface area (Å²) in [5.74, 6) is -0.544. The molecule has 1 atom stereocenters. The number of esters is 1. The van der Waals surface area contributed by atoms with Crippen LogP contribution in [0.5, 0.6) is 0 Å². The molecular weight excluding hydrogens is 240 g/mol. The van der Waals surface area contributed by atoms with Crippen LogP contribution in [-0.2, 0) is 21.6 Å². The molecule has 0 amide bonds. The third-order valence-electron chi connectivity index (χ3n) is 1.73. The molecule has 6 heteroatoms. The third kappa shape index (κ3) is 3.30. The lowest BCUT2D eigenvalue weighted by molar-refractivity contribution is 0.0601. The van der Waals surface area contributed by atoms with Crippen molar-refractivity contribution in [2.75, 3.05) is 7.11 Å². The monoisotopic (exact) mass is 248 g/mol. The van der Waals surface area contributed by atoms with Crippen LogP contribution in [0.1, 0.15) is 15.9 Å². The van der Waals surface area contributed by atoms with Crippen molar-refractivity contribution in [1.29, 1.82) is 0 Å². The van der Waals surface area contributed by atoms with Gasteiger partial charge in [0.15, 0.2) is 11.1 Å². The van der Waals surface area contributed by atoms with E-state index >= 15 is 0 Å². The van der Waals surface area contributed by atoms with E-state index in [9.17, 15) is 9.00 Å². The summed E-state index contributed by atoms with van der Waals surface area (Å²) in [7, 11) is 1.26. The van der Waals surface area contributed by atoms with E-state index in [-0.39, 0.29) is 16.3 Å². The first-order chi connectivity index (χ1) is 7.04. The molecule has 4 nitrogen and oxygen atoms in total. The molecule has 1 aromatic rings. The molecule has 82 valence electrons. The minimum absolute atomic E-state index is 0.0127. The van der Waals surface area contributed by atoms with Crippen molar-refractivity contribution in [2.45, 2.75) is 5.75 Å². The topological polar surface area (TPSA) is 63.6 Å². The number of ether oxygens (including phenoxy) is 1. The Kier molecular flexibility index (Phi) is 4.26. The van der Waals surface area contributed by atoms with Crippen LogP contribution < -0.4 is 0 Å². The van der Waals surface area contributed by atoms with Gasteiger partial charge < -0.3 is 9.29 Å². The molecule has 15 heavy (non-hydrogen) atoms. The summed E-state index contributed by atoms with van der Waals surface area (Å²) >= 11 is 3.89. The number of carbonyl (C=O) groups is 1. The van der Waals surface area contributed by atoms with Crippen LogP contribution in [0.2, 0.25) is 5.02 Å². The first-order valence-corrected chi connectivity index (χ1v) is 5.64. The zero-order valence-electron chi connectivity index (χ0n) is 7.90. The van der Waals surface area contributed by atoms with Gasteiger partial charge in [0, 0.05) is 0 Å². The van der Waals surface area contributed by atoms with Gasteiger partial charge in [-0.2, -0.15) is 0 Å². The van der Waals surface area contributed by atoms with Crippen molar-refractivity contribution < 1.29 is 18.3 Å². The quantitative estimate of drug-likeness (QED) is 0.655. The number of halogens is 1. The number of hydrogen-bond acceptors (Lipinski definition) is 3. The van der Waals surface area contributed by atoms with Gasteiger partial charge in [0.2, 0.25) is 0 Å². The molecule has 0 aromatic heterocycles. The lowest BCUT2D eigenvalue weighted by Crippen LogP contribution is -2.03. The summed E-state index contributed by atoms with van der Waals surface area (Å²) in [6.07, 6.45) is 0. The molecule has 0 fully saturated rings. The molecule has 1 aromatic carbocycles. The average Bonchev–Trinajstić information content (AvgIpc) is 2.16. The number of methoxy groups -OCH3 is 1. The van der Waals surface area contributed by atoms with Crippen molar-refractivity contribution in [3.05, 3.63) is 34.3 Å². The molecule has 0 heterocycles. The van der Waals surface area contributed by atoms with E-state index < -0.39 is 17.0 Å². The summed E-state index contributed by atoms with van der Waals surface area (Å²) in [5, 5.41) is 0.213. The minimum Gasteiger partial charge on any atom is -0.465 e. The lowest BCUT2D eigenvalue weighted by atomic mass is 10.1. The molecule has 0 saturated carbocycles. The maximum atomic E-state index is 11.2. The van der Waals surface area contributed by atoms with Crippen LogP contribution in [0, 0.1) is 0 Å². The van der Waals surface area contributed by atoms with E-state index in [1.54, 1.807) is 6.07 Å². The smallest absolute Gasteiger partial charge is 0.339 e. The molecule has 0 aliphatic rings. The van der Waals surface area contributed by atoms with Gasteiger partial charge in [0.1, 0.15) is 0 Å². The second kappa shape index (κ2) is 5.25. The normalized spacial score (nSPS) is 12.2. The number of benzene rings is 1. The summed E-state index contributed by atoms with van der Waals surface area (Å²) in [4.78, 5) is 11.2. The highest BCUT2D eigenvalue weighted by molar-refractivity contribution is 7.78. The Morgan fingerprint density at radius 2 is 2.27 bits per heavy atom. The second-order valence-electron chi connectivity index (χ2n) is 2.77. The third-order valence-corrected chi connectivity index (χ3v) is 2.62. The predicted octanol–water partition coefficient (Wildman–Crippen LogP) is 1.85. The molecule has 1 rings (SSSR count). The maximum Gasteiger partial charge on any atom is 0.339 e. The molecule has 0 radical (unpaired) electrons. The highest BCUT2D eigenvalue weighted by atomic mass is 35.5. The van der Waals surface area contributed by atoms with Crippen LogP contribution >= 0.6 is 11.6 Å².